The summed E-state index contributed by atoms with van der Waals surface area (Å²) in [6.07, 6.45) is 1.94. The molecule has 118 valence electrons. The van der Waals surface area contributed by atoms with Gasteiger partial charge >= 0.3 is 0 Å². The van der Waals surface area contributed by atoms with Crippen molar-refractivity contribution in [3.8, 4) is 0 Å². The van der Waals surface area contributed by atoms with Crippen LogP contribution in [0.2, 0.25) is 0 Å². The van der Waals surface area contributed by atoms with E-state index < -0.39 is 5.92 Å². The van der Waals surface area contributed by atoms with Crippen LogP contribution in [0.15, 0.2) is 18.2 Å². The molecule has 1 atom stereocenters. The van der Waals surface area contributed by atoms with Crippen molar-refractivity contribution in [3.05, 3.63) is 35.1 Å². The molecule has 1 saturated carbocycles. The molecule has 0 radical (unpaired) electrons. The molecule has 21 heavy (non-hydrogen) atoms. The normalized spacial score (nSPS) is 20.4. The Hall–Kier alpha value is -1.03. The Labute approximate surface area is 124 Å². The van der Waals surface area contributed by atoms with Gasteiger partial charge in [-0.3, -0.25) is 0 Å². The predicted molar refractivity (Wildman–Crippen MR) is 79.1 cm³/mol. The fourth-order valence-corrected chi connectivity index (χ4v) is 3.21. The summed E-state index contributed by atoms with van der Waals surface area (Å²) in [4.78, 5) is 0. The minimum absolute atomic E-state index is 0.0395. The fourth-order valence-electron chi connectivity index (χ4n) is 3.21. The molecule has 1 fully saturated rings. The van der Waals surface area contributed by atoms with Crippen molar-refractivity contribution >= 4 is 0 Å². The number of alkyl halides is 2. The number of rotatable bonds is 5. The highest BCUT2D eigenvalue weighted by molar-refractivity contribution is 5.30. The van der Waals surface area contributed by atoms with Crippen LogP contribution in [0.3, 0.4) is 0 Å². The SMILES string of the molecule is CCCNC(c1ccc(F)cc1C)C1CCC(F)(F)CC1. The van der Waals surface area contributed by atoms with Crippen molar-refractivity contribution < 1.29 is 13.2 Å². The smallest absolute Gasteiger partial charge is 0.248 e. The van der Waals surface area contributed by atoms with Gasteiger partial charge in [0.25, 0.3) is 0 Å². The average Bonchev–Trinajstić information content (AvgIpc) is 2.42. The molecule has 2 rings (SSSR count). The van der Waals surface area contributed by atoms with E-state index in [1.807, 2.05) is 6.92 Å². The number of hydrogen-bond acceptors (Lipinski definition) is 1. The van der Waals surface area contributed by atoms with E-state index in [-0.39, 0.29) is 30.6 Å². The molecule has 0 amide bonds. The lowest BCUT2D eigenvalue weighted by molar-refractivity contribution is -0.0497. The summed E-state index contributed by atoms with van der Waals surface area (Å²) in [7, 11) is 0. The van der Waals surface area contributed by atoms with Crippen LogP contribution in [0.25, 0.3) is 0 Å². The van der Waals surface area contributed by atoms with Gasteiger partial charge in [-0.1, -0.05) is 13.0 Å². The summed E-state index contributed by atoms with van der Waals surface area (Å²) in [5.74, 6) is -2.56. The van der Waals surface area contributed by atoms with Crippen molar-refractivity contribution in [3.63, 3.8) is 0 Å². The largest absolute Gasteiger partial charge is 0.310 e. The van der Waals surface area contributed by atoms with E-state index in [2.05, 4.69) is 12.2 Å². The summed E-state index contributed by atoms with van der Waals surface area (Å²) in [6.45, 7) is 4.81. The first-order valence-electron chi connectivity index (χ1n) is 7.80. The Kier molecular flexibility index (Phi) is 5.31. The Morgan fingerprint density at radius 3 is 2.52 bits per heavy atom. The maximum Gasteiger partial charge on any atom is 0.248 e. The fraction of sp³-hybridized carbons (Fsp3) is 0.647. The first-order chi connectivity index (χ1) is 9.93. The molecule has 0 heterocycles. The first kappa shape index (κ1) is 16.3. The zero-order chi connectivity index (χ0) is 15.5. The maximum absolute atomic E-state index is 13.4. The summed E-state index contributed by atoms with van der Waals surface area (Å²) in [6, 6.07) is 4.82. The van der Waals surface area contributed by atoms with Crippen molar-refractivity contribution in [2.24, 2.45) is 5.92 Å². The van der Waals surface area contributed by atoms with Gasteiger partial charge in [0.1, 0.15) is 5.82 Å². The minimum Gasteiger partial charge on any atom is -0.310 e. The average molecular weight is 299 g/mol. The molecule has 1 nitrogen and oxygen atoms in total. The van der Waals surface area contributed by atoms with E-state index in [1.165, 1.54) is 12.1 Å². The Morgan fingerprint density at radius 2 is 1.95 bits per heavy atom. The molecule has 0 aliphatic heterocycles. The van der Waals surface area contributed by atoms with Gasteiger partial charge in [0.05, 0.1) is 0 Å². The Morgan fingerprint density at radius 1 is 1.29 bits per heavy atom. The lowest BCUT2D eigenvalue weighted by Gasteiger charge is -2.35. The highest BCUT2D eigenvalue weighted by Crippen LogP contribution is 2.41. The second-order valence-corrected chi connectivity index (χ2v) is 6.13. The van der Waals surface area contributed by atoms with Crippen LogP contribution in [-0.4, -0.2) is 12.5 Å². The van der Waals surface area contributed by atoms with Gasteiger partial charge < -0.3 is 5.32 Å². The quantitative estimate of drug-likeness (QED) is 0.806. The van der Waals surface area contributed by atoms with Gasteiger partial charge in [-0.25, -0.2) is 13.2 Å². The molecule has 1 aromatic rings. The van der Waals surface area contributed by atoms with Crippen LogP contribution >= 0.6 is 0 Å². The predicted octanol–water partition coefficient (Wildman–Crippen LogP) is 5.00. The zero-order valence-corrected chi connectivity index (χ0v) is 12.8. The topological polar surface area (TPSA) is 12.0 Å². The molecule has 0 aromatic heterocycles. The third-order valence-electron chi connectivity index (χ3n) is 4.41. The number of halogens is 3. The van der Waals surface area contributed by atoms with E-state index in [0.717, 1.165) is 24.1 Å². The molecule has 0 bridgehead atoms. The molecule has 1 N–H and O–H groups in total. The maximum atomic E-state index is 13.4. The van der Waals surface area contributed by atoms with Gasteiger partial charge in [0.15, 0.2) is 0 Å². The van der Waals surface area contributed by atoms with Gasteiger partial charge in [-0.05, 0) is 61.9 Å². The summed E-state index contributed by atoms with van der Waals surface area (Å²) >= 11 is 0. The van der Waals surface area contributed by atoms with E-state index in [9.17, 15) is 13.2 Å². The van der Waals surface area contributed by atoms with Gasteiger partial charge in [-0.15, -0.1) is 0 Å². The lowest BCUT2D eigenvalue weighted by atomic mass is 9.78. The monoisotopic (exact) mass is 299 g/mol. The molecule has 1 unspecified atom stereocenters. The number of aryl methyl sites for hydroxylation is 1. The number of hydrogen-bond donors (Lipinski definition) is 1. The molecule has 1 aromatic carbocycles. The number of nitrogens with one attached hydrogen (secondary N) is 1. The van der Waals surface area contributed by atoms with Gasteiger partial charge in [0.2, 0.25) is 5.92 Å². The summed E-state index contributed by atoms with van der Waals surface area (Å²) in [5.41, 5.74) is 1.93. The van der Waals surface area contributed by atoms with Crippen LogP contribution in [0.1, 0.15) is 56.2 Å². The van der Waals surface area contributed by atoms with Crippen LogP contribution in [0.4, 0.5) is 13.2 Å². The van der Waals surface area contributed by atoms with Crippen LogP contribution in [-0.2, 0) is 0 Å². The minimum atomic E-state index is -2.51. The first-order valence-corrected chi connectivity index (χ1v) is 7.80. The van der Waals surface area contributed by atoms with Crippen molar-refractivity contribution in [1.29, 1.82) is 0 Å². The molecular formula is C17H24F3N. The van der Waals surface area contributed by atoms with Crippen molar-refractivity contribution in [1.82, 2.24) is 5.32 Å². The molecule has 4 heteroatoms. The Bertz CT molecular complexity index is 463. The summed E-state index contributed by atoms with van der Waals surface area (Å²) in [5, 5.41) is 3.48. The molecule has 1 aliphatic carbocycles. The molecule has 1 aliphatic rings. The van der Waals surface area contributed by atoms with E-state index in [1.54, 1.807) is 6.07 Å². The third kappa shape index (κ3) is 4.22. The van der Waals surface area contributed by atoms with Crippen LogP contribution in [0.5, 0.6) is 0 Å². The Balaban J connectivity index is 2.18. The molecule has 0 spiro atoms. The van der Waals surface area contributed by atoms with Crippen molar-refractivity contribution in [2.75, 3.05) is 6.54 Å². The van der Waals surface area contributed by atoms with E-state index in [4.69, 9.17) is 0 Å². The second kappa shape index (κ2) is 6.82. The van der Waals surface area contributed by atoms with Gasteiger partial charge in [-0.2, -0.15) is 0 Å². The highest BCUT2D eigenvalue weighted by atomic mass is 19.3. The van der Waals surface area contributed by atoms with Gasteiger partial charge in [0, 0.05) is 18.9 Å². The molecule has 0 saturated heterocycles. The van der Waals surface area contributed by atoms with E-state index in [0.29, 0.717) is 12.8 Å². The van der Waals surface area contributed by atoms with E-state index >= 15 is 0 Å². The third-order valence-corrected chi connectivity index (χ3v) is 4.41. The summed E-state index contributed by atoms with van der Waals surface area (Å²) < 4.78 is 40.0. The number of benzene rings is 1. The van der Waals surface area contributed by atoms with Crippen LogP contribution in [0, 0.1) is 18.7 Å². The highest BCUT2D eigenvalue weighted by Gasteiger charge is 2.38. The van der Waals surface area contributed by atoms with Crippen LogP contribution < -0.4 is 5.32 Å². The standard InChI is InChI=1S/C17H24F3N/c1-3-10-21-16(13-6-8-17(19,20)9-7-13)15-5-4-14(18)11-12(15)2/h4-5,11,13,16,21H,3,6-10H2,1-2H3. The second-order valence-electron chi connectivity index (χ2n) is 6.13. The molecular weight excluding hydrogens is 275 g/mol. The lowest BCUT2D eigenvalue weighted by Crippen LogP contribution is -2.34. The zero-order valence-electron chi connectivity index (χ0n) is 12.8. The van der Waals surface area contributed by atoms with Crippen molar-refractivity contribution in [2.45, 2.75) is 57.9 Å².